The molecule has 1 amide bonds. The van der Waals surface area contributed by atoms with Crippen LogP contribution in [0.25, 0.3) is 27.7 Å². The molecule has 13 heteroatoms. The van der Waals surface area contributed by atoms with Gasteiger partial charge in [0.25, 0.3) is 0 Å². The van der Waals surface area contributed by atoms with Crippen molar-refractivity contribution in [3.05, 3.63) is 30.5 Å². The van der Waals surface area contributed by atoms with E-state index in [9.17, 15) is 18.0 Å². The standard InChI is InChI=1S/C23H25F3N8O2/c1-13(35)27-15-4-6-16(7-5-15)28-22-29-21(36-2)20-17(9-10-33(20)31-22)14-3-8-18-19(11-14)34(32-30-18)12-23(24,25)26/h3,8-11,15-16H,4-7,12H2,1-2H3,(H,27,35)(H,28,31). The molecule has 1 aromatic carbocycles. The number of nitrogens with zero attached hydrogens (tertiary/aromatic N) is 6. The third-order valence-electron chi connectivity index (χ3n) is 6.29. The normalized spacial score (nSPS) is 18.5. The number of halogens is 3. The van der Waals surface area contributed by atoms with Crippen LogP contribution >= 0.6 is 0 Å². The Bertz CT molecular complexity index is 1410. The minimum Gasteiger partial charge on any atom is -0.479 e. The Balaban J connectivity index is 1.42. The molecule has 0 atom stereocenters. The number of aromatic nitrogens is 6. The molecule has 0 unspecified atom stereocenters. The Labute approximate surface area is 203 Å². The SMILES string of the molecule is COc1nc(NC2CCC(NC(C)=O)CC2)nn2ccc(-c3ccc4nnn(CC(F)(F)F)c4c3)c12. The molecule has 3 heterocycles. The average Bonchev–Trinajstić information content (AvgIpc) is 3.42. The van der Waals surface area contributed by atoms with Crippen LogP contribution in [0.1, 0.15) is 32.6 Å². The van der Waals surface area contributed by atoms with Gasteiger partial charge >= 0.3 is 6.18 Å². The van der Waals surface area contributed by atoms with Crippen molar-refractivity contribution in [2.45, 2.75) is 57.4 Å². The number of anilines is 1. The van der Waals surface area contributed by atoms with Crippen LogP contribution in [-0.4, -0.2) is 60.9 Å². The number of methoxy groups -OCH3 is 1. The Morgan fingerprint density at radius 2 is 1.92 bits per heavy atom. The molecule has 0 radical (unpaired) electrons. The summed E-state index contributed by atoms with van der Waals surface area (Å²) in [6.45, 7) is 0.300. The number of benzene rings is 1. The average molecular weight is 503 g/mol. The molecule has 1 saturated carbocycles. The van der Waals surface area contributed by atoms with Crippen molar-refractivity contribution in [2.24, 2.45) is 0 Å². The quantitative estimate of drug-likeness (QED) is 0.415. The van der Waals surface area contributed by atoms with Gasteiger partial charge in [-0.15, -0.1) is 10.2 Å². The summed E-state index contributed by atoms with van der Waals surface area (Å²) in [5.74, 6) is 0.724. The van der Waals surface area contributed by atoms with E-state index in [1.54, 1.807) is 28.9 Å². The van der Waals surface area contributed by atoms with Crippen molar-refractivity contribution in [3.8, 4) is 17.0 Å². The summed E-state index contributed by atoms with van der Waals surface area (Å²) in [7, 11) is 1.51. The van der Waals surface area contributed by atoms with Gasteiger partial charge in [-0.2, -0.15) is 18.2 Å². The van der Waals surface area contributed by atoms with E-state index in [0.29, 0.717) is 34.0 Å². The molecule has 1 aliphatic rings. The summed E-state index contributed by atoms with van der Waals surface area (Å²) in [5, 5.41) is 18.4. The van der Waals surface area contributed by atoms with Crippen LogP contribution in [0.2, 0.25) is 0 Å². The van der Waals surface area contributed by atoms with Crippen molar-refractivity contribution in [3.63, 3.8) is 0 Å². The first kappa shape index (κ1) is 23.8. The molecule has 190 valence electrons. The Kier molecular flexibility index (Phi) is 6.14. The maximum absolute atomic E-state index is 13.0. The summed E-state index contributed by atoms with van der Waals surface area (Å²) >= 11 is 0. The first-order valence-electron chi connectivity index (χ1n) is 11.6. The summed E-state index contributed by atoms with van der Waals surface area (Å²) in [6.07, 6.45) is 0.807. The van der Waals surface area contributed by atoms with Crippen molar-refractivity contribution >= 4 is 28.4 Å². The Hall–Kier alpha value is -3.90. The largest absolute Gasteiger partial charge is 0.479 e. The van der Waals surface area contributed by atoms with E-state index in [2.05, 4.69) is 31.0 Å². The van der Waals surface area contributed by atoms with Gasteiger partial charge in [-0.25, -0.2) is 9.20 Å². The van der Waals surface area contributed by atoms with Crippen LogP contribution in [0, 0.1) is 0 Å². The maximum Gasteiger partial charge on any atom is 0.408 e. The van der Waals surface area contributed by atoms with Gasteiger partial charge in [-0.3, -0.25) is 4.79 Å². The summed E-state index contributed by atoms with van der Waals surface area (Å²) in [6, 6.07) is 7.18. The number of amides is 1. The first-order valence-corrected chi connectivity index (χ1v) is 11.6. The molecule has 2 N–H and O–H groups in total. The summed E-state index contributed by atoms with van der Waals surface area (Å²) in [5.41, 5.74) is 2.60. The van der Waals surface area contributed by atoms with Crippen LogP contribution in [0.15, 0.2) is 30.5 Å². The number of rotatable bonds is 6. The van der Waals surface area contributed by atoms with Gasteiger partial charge in [0.2, 0.25) is 17.7 Å². The fourth-order valence-corrected chi connectivity index (χ4v) is 4.70. The molecular weight excluding hydrogens is 477 g/mol. The fraction of sp³-hybridized carbons (Fsp3) is 0.435. The highest BCUT2D eigenvalue weighted by atomic mass is 19.4. The zero-order chi connectivity index (χ0) is 25.4. The smallest absolute Gasteiger partial charge is 0.408 e. The molecule has 1 fully saturated rings. The number of alkyl halides is 3. The molecule has 0 spiro atoms. The van der Waals surface area contributed by atoms with Crippen molar-refractivity contribution in [1.82, 2.24) is 34.9 Å². The molecule has 0 bridgehead atoms. The molecule has 1 aliphatic carbocycles. The second kappa shape index (κ2) is 9.28. The van der Waals surface area contributed by atoms with Gasteiger partial charge in [0.1, 0.15) is 17.6 Å². The minimum atomic E-state index is -4.41. The molecule has 3 aromatic heterocycles. The Morgan fingerprint density at radius 3 is 2.61 bits per heavy atom. The van der Waals surface area contributed by atoms with Crippen LogP contribution in [0.4, 0.5) is 19.1 Å². The second-order valence-corrected chi connectivity index (χ2v) is 8.93. The van der Waals surface area contributed by atoms with E-state index in [-0.39, 0.29) is 23.5 Å². The lowest BCUT2D eigenvalue weighted by atomic mass is 9.91. The predicted octanol–water partition coefficient (Wildman–Crippen LogP) is 3.57. The van der Waals surface area contributed by atoms with Crippen molar-refractivity contribution in [2.75, 3.05) is 12.4 Å². The third kappa shape index (κ3) is 4.90. The highest BCUT2D eigenvalue weighted by molar-refractivity contribution is 5.89. The number of carbonyl (C=O) groups is 1. The van der Waals surface area contributed by atoms with E-state index >= 15 is 0 Å². The van der Waals surface area contributed by atoms with E-state index < -0.39 is 12.7 Å². The lowest BCUT2D eigenvalue weighted by molar-refractivity contribution is -0.142. The zero-order valence-electron chi connectivity index (χ0n) is 19.7. The van der Waals surface area contributed by atoms with Crippen molar-refractivity contribution < 1.29 is 22.7 Å². The molecule has 10 nitrogen and oxygen atoms in total. The third-order valence-corrected chi connectivity index (χ3v) is 6.29. The number of nitrogens with one attached hydrogen (secondary N) is 2. The lowest BCUT2D eigenvalue weighted by Crippen LogP contribution is -2.39. The Morgan fingerprint density at radius 1 is 1.17 bits per heavy atom. The summed E-state index contributed by atoms with van der Waals surface area (Å²) < 4.78 is 46.9. The first-order chi connectivity index (χ1) is 17.2. The number of hydrogen-bond acceptors (Lipinski definition) is 7. The number of hydrogen-bond donors (Lipinski definition) is 2. The number of fused-ring (bicyclic) bond motifs is 2. The molecular formula is C23H25F3N8O2. The van der Waals surface area contributed by atoms with Gasteiger partial charge < -0.3 is 15.4 Å². The van der Waals surface area contributed by atoms with Crippen LogP contribution < -0.4 is 15.4 Å². The highest BCUT2D eigenvalue weighted by Crippen LogP contribution is 2.33. The van der Waals surface area contributed by atoms with Crippen LogP contribution in [-0.2, 0) is 11.3 Å². The predicted molar refractivity (Wildman–Crippen MR) is 126 cm³/mol. The number of carbonyl (C=O) groups excluding carboxylic acids is 1. The lowest BCUT2D eigenvalue weighted by Gasteiger charge is -2.29. The van der Waals surface area contributed by atoms with E-state index in [0.717, 1.165) is 30.4 Å². The topological polar surface area (TPSA) is 111 Å². The van der Waals surface area contributed by atoms with Gasteiger partial charge in [0.05, 0.1) is 12.6 Å². The van der Waals surface area contributed by atoms with Crippen LogP contribution in [0.3, 0.4) is 0 Å². The van der Waals surface area contributed by atoms with E-state index in [1.807, 2.05) is 6.07 Å². The van der Waals surface area contributed by atoms with Gasteiger partial charge in [-0.1, -0.05) is 11.3 Å². The van der Waals surface area contributed by atoms with Crippen LogP contribution in [0.5, 0.6) is 5.88 Å². The van der Waals surface area contributed by atoms with E-state index in [1.165, 1.54) is 14.0 Å². The van der Waals surface area contributed by atoms with Gasteiger partial charge in [0, 0.05) is 30.8 Å². The monoisotopic (exact) mass is 502 g/mol. The molecule has 4 aromatic rings. The van der Waals surface area contributed by atoms with Crippen molar-refractivity contribution in [1.29, 1.82) is 0 Å². The van der Waals surface area contributed by atoms with Gasteiger partial charge in [0.15, 0.2) is 0 Å². The minimum absolute atomic E-state index is 0.0198. The zero-order valence-corrected chi connectivity index (χ0v) is 19.7. The molecule has 0 saturated heterocycles. The maximum atomic E-state index is 13.0. The number of ether oxygens (including phenoxy) is 1. The fourth-order valence-electron chi connectivity index (χ4n) is 4.70. The molecule has 36 heavy (non-hydrogen) atoms. The second-order valence-electron chi connectivity index (χ2n) is 8.93. The summed E-state index contributed by atoms with van der Waals surface area (Å²) in [4.78, 5) is 15.8. The highest BCUT2D eigenvalue weighted by Gasteiger charge is 2.30. The molecule has 5 rings (SSSR count). The van der Waals surface area contributed by atoms with Gasteiger partial charge in [-0.05, 0) is 49.4 Å². The molecule has 0 aliphatic heterocycles. The van der Waals surface area contributed by atoms with E-state index in [4.69, 9.17) is 4.74 Å².